The fraction of sp³-hybridized carbons (Fsp3) is 0.474. The third kappa shape index (κ3) is 3.67. The molecule has 1 aromatic carbocycles. The van der Waals surface area contributed by atoms with E-state index in [1.807, 2.05) is 42.9 Å². The van der Waals surface area contributed by atoms with Crippen LogP contribution in [0.25, 0.3) is 0 Å². The van der Waals surface area contributed by atoms with Crippen LogP contribution in [0.4, 0.5) is 0 Å². The Morgan fingerprint density at radius 1 is 1.42 bits per heavy atom. The number of aromatic nitrogens is 2. The van der Waals surface area contributed by atoms with Crippen molar-refractivity contribution < 1.29 is 9.53 Å². The lowest BCUT2D eigenvalue weighted by Gasteiger charge is -2.31. The number of aryl methyl sites for hydroxylation is 2. The van der Waals surface area contributed by atoms with E-state index in [0.29, 0.717) is 0 Å². The van der Waals surface area contributed by atoms with Gasteiger partial charge in [0.1, 0.15) is 5.75 Å². The lowest BCUT2D eigenvalue weighted by molar-refractivity contribution is 0.0811. The number of Topliss-reactive ketones (excluding diaryl/α,β-unsaturated/α-hetero) is 1. The van der Waals surface area contributed by atoms with E-state index in [4.69, 9.17) is 4.74 Å². The second-order valence-corrected chi connectivity index (χ2v) is 6.58. The molecule has 1 aliphatic heterocycles. The van der Waals surface area contributed by atoms with Crippen molar-refractivity contribution in [3.8, 4) is 5.75 Å². The molecule has 0 spiro atoms. The molecule has 5 heteroatoms. The summed E-state index contributed by atoms with van der Waals surface area (Å²) in [6.45, 7) is 4.75. The van der Waals surface area contributed by atoms with E-state index < -0.39 is 0 Å². The molecule has 1 aromatic heterocycles. The van der Waals surface area contributed by atoms with Crippen LogP contribution in [0.5, 0.6) is 5.75 Å². The van der Waals surface area contributed by atoms with Crippen LogP contribution in [0.1, 0.15) is 34.5 Å². The molecular weight excluding hydrogens is 302 g/mol. The van der Waals surface area contributed by atoms with Crippen LogP contribution in [0.15, 0.2) is 30.5 Å². The highest BCUT2D eigenvalue weighted by atomic mass is 16.5. The number of rotatable bonds is 5. The van der Waals surface area contributed by atoms with Gasteiger partial charge >= 0.3 is 0 Å². The largest absolute Gasteiger partial charge is 0.497 e. The van der Waals surface area contributed by atoms with Gasteiger partial charge in [0.25, 0.3) is 0 Å². The maximum Gasteiger partial charge on any atom is 0.167 e. The molecule has 0 amide bonds. The van der Waals surface area contributed by atoms with Crippen LogP contribution in [0.3, 0.4) is 0 Å². The zero-order valence-electron chi connectivity index (χ0n) is 14.7. The monoisotopic (exact) mass is 327 g/mol. The number of hydrogen-bond donors (Lipinski definition) is 0. The van der Waals surface area contributed by atoms with Gasteiger partial charge in [0, 0.05) is 43.4 Å². The maximum absolute atomic E-state index is 12.8. The standard InChI is InChI=1S/C19H25N3O2/c1-14-17(11-21(2)20-14)13-22-9-5-7-16(12-22)19(23)15-6-4-8-18(10-15)24-3/h4,6,8,10-11,16H,5,7,9,12-13H2,1-3H3. The Morgan fingerprint density at radius 2 is 2.25 bits per heavy atom. The van der Waals surface area contributed by atoms with Crippen LogP contribution in [-0.2, 0) is 13.6 Å². The second kappa shape index (κ2) is 7.18. The maximum atomic E-state index is 12.8. The van der Waals surface area contributed by atoms with Crippen molar-refractivity contribution in [2.24, 2.45) is 13.0 Å². The van der Waals surface area contributed by atoms with Crippen molar-refractivity contribution in [3.63, 3.8) is 0 Å². The van der Waals surface area contributed by atoms with Crippen molar-refractivity contribution >= 4 is 5.78 Å². The molecule has 1 atom stereocenters. The number of piperidine rings is 1. The van der Waals surface area contributed by atoms with Crippen molar-refractivity contribution in [2.75, 3.05) is 20.2 Å². The fourth-order valence-electron chi connectivity index (χ4n) is 3.47. The van der Waals surface area contributed by atoms with E-state index in [9.17, 15) is 4.79 Å². The summed E-state index contributed by atoms with van der Waals surface area (Å²) < 4.78 is 7.09. The third-order valence-electron chi connectivity index (χ3n) is 4.74. The molecule has 2 aromatic rings. The van der Waals surface area contributed by atoms with Gasteiger partial charge in [-0.2, -0.15) is 5.10 Å². The van der Waals surface area contributed by atoms with E-state index in [0.717, 1.165) is 49.5 Å². The highest BCUT2D eigenvalue weighted by Crippen LogP contribution is 2.24. The topological polar surface area (TPSA) is 47.4 Å². The molecule has 5 nitrogen and oxygen atoms in total. The zero-order valence-corrected chi connectivity index (χ0v) is 14.7. The molecule has 1 saturated heterocycles. The summed E-state index contributed by atoms with van der Waals surface area (Å²) in [6.07, 6.45) is 4.08. The van der Waals surface area contributed by atoms with Gasteiger partial charge in [0.05, 0.1) is 12.8 Å². The predicted octanol–water partition coefficient (Wildman–Crippen LogP) is 2.83. The van der Waals surface area contributed by atoms with Crippen LogP contribution in [-0.4, -0.2) is 40.7 Å². The van der Waals surface area contributed by atoms with Crippen LogP contribution >= 0.6 is 0 Å². The lowest BCUT2D eigenvalue weighted by Crippen LogP contribution is -2.38. The Bertz CT molecular complexity index is 723. The summed E-state index contributed by atoms with van der Waals surface area (Å²) in [5, 5.41) is 4.41. The number of nitrogens with zero attached hydrogens (tertiary/aromatic N) is 3. The molecular formula is C19H25N3O2. The lowest BCUT2D eigenvalue weighted by atomic mass is 9.89. The molecule has 128 valence electrons. The number of likely N-dealkylation sites (tertiary alicyclic amines) is 1. The SMILES string of the molecule is COc1cccc(C(=O)C2CCCN(Cc3cn(C)nc3C)C2)c1. The first-order valence-electron chi connectivity index (χ1n) is 8.46. The van der Waals surface area contributed by atoms with Crippen molar-refractivity contribution in [1.29, 1.82) is 0 Å². The van der Waals surface area contributed by atoms with Gasteiger partial charge in [-0.1, -0.05) is 12.1 Å². The van der Waals surface area contributed by atoms with Crippen LogP contribution in [0.2, 0.25) is 0 Å². The first-order chi connectivity index (χ1) is 11.6. The second-order valence-electron chi connectivity index (χ2n) is 6.58. The Balaban J connectivity index is 1.68. The summed E-state index contributed by atoms with van der Waals surface area (Å²) in [5.74, 6) is 1.02. The summed E-state index contributed by atoms with van der Waals surface area (Å²) >= 11 is 0. The van der Waals surface area contributed by atoms with Crippen molar-refractivity contribution in [1.82, 2.24) is 14.7 Å². The van der Waals surface area contributed by atoms with Gasteiger partial charge in [-0.15, -0.1) is 0 Å². The van der Waals surface area contributed by atoms with Gasteiger partial charge in [-0.3, -0.25) is 14.4 Å². The van der Waals surface area contributed by atoms with Crippen molar-refractivity contribution in [3.05, 3.63) is 47.3 Å². The minimum atomic E-state index is 0.0582. The number of benzene rings is 1. The molecule has 1 aliphatic rings. The van der Waals surface area contributed by atoms with E-state index >= 15 is 0 Å². The van der Waals surface area contributed by atoms with Gasteiger partial charge < -0.3 is 4.74 Å². The molecule has 2 heterocycles. The quantitative estimate of drug-likeness (QED) is 0.792. The highest BCUT2D eigenvalue weighted by molar-refractivity contribution is 5.98. The molecule has 0 saturated carbocycles. The smallest absolute Gasteiger partial charge is 0.167 e. The average molecular weight is 327 g/mol. The van der Waals surface area contributed by atoms with E-state index in [1.54, 1.807) is 7.11 Å². The molecule has 0 radical (unpaired) electrons. The van der Waals surface area contributed by atoms with Gasteiger partial charge in [-0.25, -0.2) is 0 Å². The number of carbonyl (C=O) groups is 1. The number of hydrogen-bond acceptors (Lipinski definition) is 4. The van der Waals surface area contributed by atoms with Crippen LogP contribution in [0, 0.1) is 12.8 Å². The number of ether oxygens (including phenoxy) is 1. The highest BCUT2D eigenvalue weighted by Gasteiger charge is 2.27. The number of ketones is 1. The Labute approximate surface area is 143 Å². The van der Waals surface area contributed by atoms with Crippen LogP contribution < -0.4 is 4.74 Å². The van der Waals surface area contributed by atoms with Gasteiger partial charge in [0.2, 0.25) is 0 Å². The molecule has 0 N–H and O–H groups in total. The minimum Gasteiger partial charge on any atom is -0.497 e. The number of methoxy groups -OCH3 is 1. The van der Waals surface area contributed by atoms with E-state index in [-0.39, 0.29) is 11.7 Å². The average Bonchev–Trinajstić information content (AvgIpc) is 2.91. The summed E-state index contributed by atoms with van der Waals surface area (Å²) in [7, 11) is 3.57. The molecule has 1 unspecified atom stereocenters. The summed E-state index contributed by atoms with van der Waals surface area (Å²) in [6, 6.07) is 7.47. The first-order valence-corrected chi connectivity index (χ1v) is 8.46. The predicted molar refractivity (Wildman–Crippen MR) is 93.3 cm³/mol. The molecule has 3 rings (SSSR count). The van der Waals surface area contributed by atoms with Gasteiger partial charge in [0.15, 0.2) is 5.78 Å². The minimum absolute atomic E-state index is 0.0582. The summed E-state index contributed by atoms with van der Waals surface area (Å²) in [5.41, 5.74) is 3.06. The molecule has 24 heavy (non-hydrogen) atoms. The van der Waals surface area contributed by atoms with E-state index in [2.05, 4.69) is 16.2 Å². The summed E-state index contributed by atoms with van der Waals surface area (Å²) in [4.78, 5) is 15.2. The zero-order chi connectivity index (χ0) is 17.1. The molecule has 0 aliphatic carbocycles. The van der Waals surface area contributed by atoms with E-state index in [1.165, 1.54) is 5.56 Å². The Hall–Kier alpha value is -2.14. The fourth-order valence-corrected chi connectivity index (χ4v) is 3.47. The number of carbonyl (C=O) groups excluding carboxylic acids is 1. The third-order valence-corrected chi connectivity index (χ3v) is 4.74. The molecule has 1 fully saturated rings. The van der Waals surface area contributed by atoms with Crippen molar-refractivity contribution in [2.45, 2.75) is 26.3 Å². The Kier molecular flexibility index (Phi) is 5.00. The van der Waals surface area contributed by atoms with Gasteiger partial charge in [-0.05, 0) is 38.4 Å². The normalized spacial score (nSPS) is 18.5. The Morgan fingerprint density at radius 3 is 2.96 bits per heavy atom. The first kappa shape index (κ1) is 16.7. The molecule has 0 bridgehead atoms.